The van der Waals surface area contributed by atoms with Crippen LogP contribution in [0.25, 0.3) is 0 Å². The highest BCUT2D eigenvalue weighted by Gasteiger charge is 2.53. The Morgan fingerprint density at radius 1 is 1.19 bits per heavy atom. The lowest BCUT2D eigenvalue weighted by molar-refractivity contribution is 0.377. The van der Waals surface area contributed by atoms with Crippen LogP contribution in [-0.4, -0.2) is 46.7 Å². The summed E-state index contributed by atoms with van der Waals surface area (Å²) in [5.41, 5.74) is 14.8. The third-order valence-electron chi connectivity index (χ3n) is 6.62. The molecule has 13 heteroatoms. The number of ether oxygens (including phenoxy) is 1. The van der Waals surface area contributed by atoms with Gasteiger partial charge in [-0.15, -0.1) is 23.1 Å². The number of nitrogens with zero attached hydrogens (tertiary/aromatic N) is 8. The van der Waals surface area contributed by atoms with Crippen molar-refractivity contribution >= 4 is 45.6 Å². The van der Waals surface area contributed by atoms with E-state index in [0.717, 1.165) is 16.2 Å². The second-order valence-corrected chi connectivity index (χ2v) is 11.0. The smallest absolute Gasteiger partial charge is 0.320 e. The molecule has 1 saturated heterocycles. The Bertz CT molecular complexity index is 1420. The van der Waals surface area contributed by atoms with Crippen LogP contribution in [0.3, 0.4) is 0 Å². The van der Waals surface area contributed by atoms with Gasteiger partial charge in [0.05, 0.1) is 23.5 Å². The second-order valence-electron chi connectivity index (χ2n) is 8.52. The fourth-order valence-corrected chi connectivity index (χ4v) is 7.73. The van der Waals surface area contributed by atoms with Crippen molar-refractivity contribution in [1.82, 2.24) is 19.9 Å². The number of hydrogen-bond donors (Lipinski definition) is 2. The molecule has 0 aromatic carbocycles. The van der Waals surface area contributed by atoms with E-state index in [4.69, 9.17) is 16.2 Å². The third kappa shape index (κ3) is 3.54. The molecule has 1 spiro atoms. The molecule has 36 heavy (non-hydrogen) atoms. The molecule has 0 aliphatic carbocycles. The van der Waals surface area contributed by atoms with Gasteiger partial charge in [0.15, 0.2) is 11.6 Å². The standard InChI is InChI=1S/C23H24N10OS2/c1-4-33(12(2)17-18(26)29-6-5-28-17)21-14(8-25)20(30-22(31-21)34-3)32-10-23(11-32)16-13(7-24)19(27)36-15(16)9-35-23/h5-6,12H,4,9-11,27H2,1-3H3,(H2,26,29). The van der Waals surface area contributed by atoms with E-state index in [1.807, 2.05) is 35.4 Å². The van der Waals surface area contributed by atoms with Gasteiger partial charge in [-0.05, 0) is 13.8 Å². The summed E-state index contributed by atoms with van der Waals surface area (Å²) in [5.74, 6) is 2.09. The maximum Gasteiger partial charge on any atom is 0.320 e. The topological polar surface area (TPSA) is 167 Å². The van der Waals surface area contributed by atoms with Crippen LogP contribution in [0, 0.1) is 22.7 Å². The van der Waals surface area contributed by atoms with Gasteiger partial charge in [0, 0.05) is 48.2 Å². The van der Waals surface area contributed by atoms with Crippen LogP contribution in [0.2, 0.25) is 0 Å². The molecule has 1 unspecified atom stereocenters. The number of nitriles is 2. The number of thiophene rings is 1. The molecular weight excluding hydrogens is 496 g/mol. The number of aromatic nitrogens is 4. The van der Waals surface area contributed by atoms with Crippen molar-refractivity contribution < 1.29 is 4.74 Å². The fraction of sp³-hybridized carbons (Fsp3) is 0.391. The first kappa shape index (κ1) is 23.9. The molecule has 4 N–H and O–H groups in total. The molecule has 5 rings (SSSR count). The predicted octanol–water partition coefficient (Wildman–Crippen LogP) is 2.79. The number of nitrogen functional groups attached to an aromatic ring is 2. The number of methoxy groups -OCH3 is 1. The van der Waals surface area contributed by atoms with Crippen molar-refractivity contribution in [3.8, 4) is 18.1 Å². The Kier molecular flexibility index (Phi) is 5.98. The van der Waals surface area contributed by atoms with Crippen molar-refractivity contribution in [3.63, 3.8) is 0 Å². The Balaban J connectivity index is 1.53. The Hall–Kier alpha value is -3.81. The molecule has 1 atom stereocenters. The maximum absolute atomic E-state index is 10.2. The van der Waals surface area contributed by atoms with Crippen LogP contribution in [0.15, 0.2) is 12.4 Å². The monoisotopic (exact) mass is 520 g/mol. The van der Waals surface area contributed by atoms with Gasteiger partial charge in [0.1, 0.15) is 34.2 Å². The predicted molar refractivity (Wildman–Crippen MR) is 140 cm³/mol. The summed E-state index contributed by atoms with van der Waals surface area (Å²) in [6.45, 7) is 5.65. The second kappa shape index (κ2) is 9.00. The third-order valence-corrected chi connectivity index (χ3v) is 9.27. The van der Waals surface area contributed by atoms with Crippen LogP contribution in [0.5, 0.6) is 6.01 Å². The van der Waals surface area contributed by atoms with Crippen LogP contribution in [0.4, 0.5) is 22.5 Å². The summed E-state index contributed by atoms with van der Waals surface area (Å²) >= 11 is 3.30. The molecule has 3 aromatic rings. The lowest BCUT2D eigenvalue weighted by atomic mass is 9.88. The molecule has 184 valence electrons. The summed E-state index contributed by atoms with van der Waals surface area (Å²) in [6, 6.07) is 4.47. The average Bonchev–Trinajstić information content (AvgIpc) is 3.38. The van der Waals surface area contributed by atoms with Gasteiger partial charge in [0.2, 0.25) is 0 Å². The van der Waals surface area contributed by atoms with Gasteiger partial charge < -0.3 is 26.0 Å². The van der Waals surface area contributed by atoms with Gasteiger partial charge >= 0.3 is 6.01 Å². The van der Waals surface area contributed by atoms with E-state index in [1.165, 1.54) is 18.4 Å². The Labute approximate surface area is 216 Å². The summed E-state index contributed by atoms with van der Waals surface area (Å²) < 4.78 is 5.19. The largest absolute Gasteiger partial charge is 0.467 e. The van der Waals surface area contributed by atoms with Gasteiger partial charge in [-0.25, -0.2) is 4.98 Å². The van der Waals surface area contributed by atoms with E-state index < -0.39 is 0 Å². The Morgan fingerprint density at radius 2 is 1.92 bits per heavy atom. The molecule has 3 aromatic heterocycles. The summed E-state index contributed by atoms with van der Waals surface area (Å²) in [7, 11) is 1.50. The van der Waals surface area contributed by atoms with Crippen molar-refractivity contribution in [2.45, 2.75) is 30.4 Å². The summed E-state index contributed by atoms with van der Waals surface area (Å²) in [5, 5.41) is 20.5. The molecule has 0 bridgehead atoms. The lowest BCUT2D eigenvalue weighted by Gasteiger charge is -2.48. The zero-order valence-electron chi connectivity index (χ0n) is 20.0. The number of fused-ring (bicyclic) bond motifs is 2. The van der Waals surface area contributed by atoms with E-state index in [1.54, 1.807) is 12.4 Å². The minimum atomic E-state index is -0.300. The number of rotatable bonds is 6. The zero-order chi connectivity index (χ0) is 25.6. The van der Waals surface area contributed by atoms with Crippen LogP contribution >= 0.6 is 23.1 Å². The first-order valence-corrected chi connectivity index (χ1v) is 13.1. The van der Waals surface area contributed by atoms with Gasteiger partial charge in [-0.3, -0.25) is 4.98 Å². The molecule has 2 aliphatic heterocycles. The highest BCUT2D eigenvalue weighted by Crippen LogP contribution is 2.58. The number of hydrogen-bond acceptors (Lipinski definition) is 13. The molecule has 11 nitrogen and oxygen atoms in total. The van der Waals surface area contributed by atoms with Gasteiger partial charge in [-0.2, -0.15) is 20.5 Å². The molecule has 0 radical (unpaired) electrons. The Morgan fingerprint density at radius 3 is 2.56 bits per heavy atom. The average molecular weight is 521 g/mol. The molecule has 0 saturated carbocycles. The normalized spacial score (nSPS) is 16.1. The van der Waals surface area contributed by atoms with Crippen molar-refractivity contribution in [1.29, 1.82) is 10.5 Å². The first-order chi connectivity index (χ1) is 17.4. The number of anilines is 4. The number of thioether (sulfide) groups is 1. The van der Waals surface area contributed by atoms with Crippen LogP contribution in [-0.2, 0) is 10.5 Å². The zero-order valence-corrected chi connectivity index (χ0v) is 21.7. The van der Waals surface area contributed by atoms with Crippen molar-refractivity contribution in [3.05, 3.63) is 39.7 Å². The molecule has 5 heterocycles. The van der Waals surface area contributed by atoms with E-state index >= 15 is 0 Å². The lowest BCUT2D eigenvalue weighted by Crippen LogP contribution is -2.57. The van der Waals surface area contributed by atoms with Gasteiger partial charge in [-0.1, -0.05) is 0 Å². The SMILES string of the molecule is CCN(c1nc(OC)nc(N2CC3(C2)SCc2sc(N)c(C#N)c23)c1C#N)C(C)c1nccnc1N. The minimum absolute atomic E-state index is 0.162. The highest BCUT2D eigenvalue weighted by atomic mass is 32.2. The molecule has 2 aliphatic rings. The van der Waals surface area contributed by atoms with E-state index in [-0.39, 0.29) is 16.8 Å². The van der Waals surface area contributed by atoms with Crippen molar-refractivity contribution in [2.24, 2.45) is 0 Å². The van der Waals surface area contributed by atoms with Gasteiger partial charge in [0.25, 0.3) is 0 Å². The first-order valence-electron chi connectivity index (χ1n) is 11.3. The quantitative estimate of drug-likeness (QED) is 0.488. The number of nitrogens with two attached hydrogens (primary N) is 2. The highest BCUT2D eigenvalue weighted by molar-refractivity contribution is 8.00. The summed E-state index contributed by atoms with van der Waals surface area (Å²) in [6.07, 6.45) is 3.13. The molecule has 0 amide bonds. The van der Waals surface area contributed by atoms with E-state index in [0.29, 0.717) is 58.9 Å². The minimum Gasteiger partial charge on any atom is -0.467 e. The van der Waals surface area contributed by atoms with Crippen molar-refractivity contribution in [2.75, 3.05) is 48.0 Å². The molecular formula is C23H24N10OS2. The van der Waals surface area contributed by atoms with E-state index in [2.05, 4.69) is 32.1 Å². The summed E-state index contributed by atoms with van der Waals surface area (Å²) in [4.78, 5) is 22.8. The fourth-order valence-electron chi connectivity index (χ4n) is 4.92. The molecule has 1 fully saturated rings. The van der Waals surface area contributed by atoms with E-state index in [9.17, 15) is 10.5 Å². The van der Waals surface area contributed by atoms with Crippen LogP contribution < -0.4 is 26.0 Å². The van der Waals surface area contributed by atoms with Crippen LogP contribution in [0.1, 0.15) is 47.2 Å². The maximum atomic E-state index is 10.2.